The van der Waals surface area contributed by atoms with Gasteiger partial charge in [0.2, 0.25) is 11.8 Å². The minimum Gasteiger partial charge on any atom is -0.497 e. The van der Waals surface area contributed by atoms with Gasteiger partial charge in [-0.15, -0.1) is 0 Å². The molecule has 2 fully saturated rings. The first-order valence-corrected chi connectivity index (χ1v) is 10.4. The molecular weight excluding hydrogens is 388 g/mol. The second kappa shape index (κ2) is 9.73. The average Bonchev–Trinajstić information content (AvgIpc) is 3.01. The lowest BCUT2D eigenvalue weighted by Gasteiger charge is -2.19. The topological polar surface area (TPSA) is 102 Å². The lowest BCUT2D eigenvalue weighted by molar-refractivity contribution is -0.155. The number of carbonyl (C=O) groups is 4. The Labute approximate surface area is 175 Å². The smallest absolute Gasteiger partial charge is 0.308 e. The average molecular weight is 416 g/mol. The van der Waals surface area contributed by atoms with Crippen molar-refractivity contribution in [2.24, 2.45) is 11.8 Å². The van der Waals surface area contributed by atoms with E-state index in [1.807, 2.05) is 12.1 Å². The Morgan fingerprint density at radius 1 is 1.10 bits per heavy atom. The summed E-state index contributed by atoms with van der Waals surface area (Å²) >= 11 is 0. The summed E-state index contributed by atoms with van der Waals surface area (Å²) < 4.78 is 10.3. The van der Waals surface area contributed by atoms with Crippen LogP contribution < -0.4 is 10.1 Å². The van der Waals surface area contributed by atoms with E-state index in [9.17, 15) is 19.2 Å². The van der Waals surface area contributed by atoms with Crippen LogP contribution in [0.2, 0.25) is 0 Å². The van der Waals surface area contributed by atoms with Gasteiger partial charge >= 0.3 is 5.97 Å². The minimum absolute atomic E-state index is 0.00366. The zero-order valence-corrected chi connectivity index (χ0v) is 17.4. The third kappa shape index (κ3) is 4.98. The third-order valence-electron chi connectivity index (χ3n) is 5.78. The summed E-state index contributed by atoms with van der Waals surface area (Å²) in [6.07, 6.45) is 2.30. The van der Waals surface area contributed by atoms with E-state index in [4.69, 9.17) is 9.47 Å². The number of amides is 3. The molecule has 30 heavy (non-hydrogen) atoms. The van der Waals surface area contributed by atoms with Gasteiger partial charge in [0, 0.05) is 13.1 Å². The number of rotatable bonds is 8. The predicted molar refractivity (Wildman–Crippen MR) is 107 cm³/mol. The molecular formula is C22H28N2O6. The summed E-state index contributed by atoms with van der Waals surface area (Å²) in [7, 11) is 1.58. The molecule has 8 heteroatoms. The van der Waals surface area contributed by atoms with Crippen LogP contribution in [0.4, 0.5) is 0 Å². The molecule has 0 aromatic heterocycles. The highest BCUT2D eigenvalue weighted by Crippen LogP contribution is 2.37. The van der Waals surface area contributed by atoms with Crippen molar-refractivity contribution in [3.8, 4) is 5.75 Å². The summed E-state index contributed by atoms with van der Waals surface area (Å²) in [5.41, 5.74) is 0.884. The number of hydrogen-bond acceptors (Lipinski definition) is 6. The van der Waals surface area contributed by atoms with Gasteiger partial charge in [-0.25, -0.2) is 0 Å². The van der Waals surface area contributed by atoms with E-state index in [0.717, 1.165) is 37.0 Å². The molecule has 1 N–H and O–H groups in total. The molecule has 1 saturated heterocycles. The van der Waals surface area contributed by atoms with Crippen LogP contribution in [-0.2, 0) is 30.5 Å². The van der Waals surface area contributed by atoms with Crippen molar-refractivity contribution in [2.75, 3.05) is 13.7 Å². The standard InChI is InChI=1S/C22H28N2O6/c1-14(20(26)23-13-15-7-9-16(29-2)10-8-15)30-19(25)11-12-24-21(27)17-5-3-4-6-18(17)22(24)28/h7-10,14,17-18H,3-6,11-13H2,1-2H3,(H,23,26). The highest BCUT2D eigenvalue weighted by atomic mass is 16.5. The molecule has 0 spiro atoms. The lowest BCUT2D eigenvalue weighted by Crippen LogP contribution is -2.37. The number of benzene rings is 1. The first kappa shape index (κ1) is 21.8. The number of hydrogen-bond donors (Lipinski definition) is 1. The zero-order chi connectivity index (χ0) is 21.7. The Bertz CT molecular complexity index is 782. The molecule has 1 aromatic carbocycles. The van der Waals surface area contributed by atoms with Crippen LogP contribution in [-0.4, -0.2) is 48.3 Å². The van der Waals surface area contributed by atoms with E-state index < -0.39 is 18.0 Å². The first-order chi connectivity index (χ1) is 14.4. The first-order valence-electron chi connectivity index (χ1n) is 10.4. The van der Waals surface area contributed by atoms with Crippen LogP contribution >= 0.6 is 0 Å². The zero-order valence-electron chi connectivity index (χ0n) is 17.4. The fourth-order valence-corrected chi connectivity index (χ4v) is 4.04. The van der Waals surface area contributed by atoms with Gasteiger partial charge in [-0.3, -0.25) is 24.1 Å². The van der Waals surface area contributed by atoms with Crippen molar-refractivity contribution < 1.29 is 28.7 Å². The fraction of sp³-hybridized carbons (Fsp3) is 0.545. The second-order valence-electron chi connectivity index (χ2n) is 7.77. The van der Waals surface area contributed by atoms with Crippen molar-refractivity contribution >= 4 is 23.7 Å². The van der Waals surface area contributed by atoms with Crippen molar-refractivity contribution in [3.05, 3.63) is 29.8 Å². The van der Waals surface area contributed by atoms with Crippen LogP contribution in [0.5, 0.6) is 5.75 Å². The van der Waals surface area contributed by atoms with E-state index in [1.165, 1.54) is 11.8 Å². The van der Waals surface area contributed by atoms with Crippen LogP contribution in [0.3, 0.4) is 0 Å². The van der Waals surface area contributed by atoms with Crippen LogP contribution in [0.1, 0.15) is 44.6 Å². The molecule has 162 valence electrons. The van der Waals surface area contributed by atoms with E-state index in [0.29, 0.717) is 6.54 Å². The maximum Gasteiger partial charge on any atom is 0.308 e. The number of ether oxygens (including phenoxy) is 2. The third-order valence-corrected chi connectivity index (χ3v) is 5.78. The SMILES string of the molecule is COc1ccc(CNC(=O)C(C)OC(=O)CCN2C(=O)C3CCCCC3C2=O)cc1. The Balaban J connectivity index is 1.42. The normalized spacial score (nSPS) is 21.7. The summed E-state index contributed by atoms with van der Waals surface area (Å²) in [5.74, 6) is -1.13. The number of esters is 1. The minimum atomic E-state index is -0.969. The molecule has 8 nitrogen and oxygen atoms in total. The Kier molecular flexibility index (Phi) is 7.07. The largest absolute Gasteiger partial charge is 0.497 e. The lowest BCUT2D eigenvalue weighted by atomic mass is 9.81. The second-order valence-corrected chi connectivity index (χ2v) is 7.77. The molecule has 1 aliphatic carbocycles. The molecule has 3 rings (SSSR count). The van der Waals surface area contributed by atoms with Gasteiger partial charge in [0.05, 0.1) is 25.4 Å². The van der Waals surface area contributed by atoms with Crippen LogP contribution in [0.25, 0.3) is 0 Å². The highest BCUT2D eigenvalue weighted by Gasteiger charge is 2.47. The maximum absolute atomic E-state index is 12.4. The molecule has 3 amide bonds. The monoisotopic (exact) mass is 416 g/mol. The van der Waals surface area contributed by atoms with Crippen LogP contribution in [0.15, 0.2) is 24.3 Å². The van der Waals surface area contributed by atoms with E-state index in [-0.39, 0.29) is 36.6 Å². The number of fused-ring (bicyclic) bond motifs is 1. The molecule has 2 aliphatic rings. The quantitative estimate of drug-likeness (QED) is 0.512. The predicted octanol–water partition coefficient (Wildman–Crippen LogP) is 1.81. The number of imide groups is 1. The molecule has 1 saturated carbocycles. The number of methoxy groups -OCH3 is 1. The van der Waals surface area contributed by atoms with E-state index >= 15 is 0 Å². The van der Waals surface area contributed by atoms with Crippen molar-refractivity contribution in [2.45, 2.75) is 51.7 Å². The van der Waals surface area contributed by atoms with Gasteiger partial charge in [0.25, 0.3) is 5.91 Å². The van der Waals surface area contributed by atoms with E-state index in [1.54, 1.807) is 19.2 Å². The van der Waals surface area contributed by atoms with Crippen molar-refractivity contribution in [1.82, 2.24) is 10.2 Å². The fourth-order valence-electron chi connectivity index (χ4n) is 4.04. The van der Waals surface area contributed by atoms with Crippen molar-refractivity contribution in [1.29, 1.82) is 0 Å². The summed E-state index contributed by atoms with van der Waals surface area (Å²) in [5, 5.41) is 2.71. The highest BCUT2D eigenvalue weighted by molar-refractivity contribution is 6.05. The maximum atomic E-state index is 12.4. The van der Waals surface area contributed by atoms with Gasteiger partial charge in [-0.05, 0) is 37.5 Å². The van der Waals surface area contributed by atoms with Crippen LogP contribution in [0, 0.1) is 11.8 Å². The Morgan fingerprint density at radius 3 is 2.27 bits per heavy atom. The van der Waals surface area contributed by atoms with Gasteiger partial charge in [-0.2, -0.15) is 0 Å². The number of carbonyl (C=O) groups excluding carboxylic acids is 4. The Hall–Kier alpha value is -2.90. The molecule has 1 heterocycles. The summed E-state index contributed by atoms with van der Waals surface area (Å²) in [6.45, 7) is 1.79. The van der Waals surface area contributed by atoms with Gasteiger partial charge in [0.1, 0.15) is 5.75 Å². The molecule has 1 aromatic rings. The van der Waals surface area contributed by atoms with E-state index in [2.05, 4.69) is 5.32 Å². The molecule has 3 unspecified atom stereocenters. The molecule has 0 bridgehead atoms. The van der Waals surface area contributed by atoms with Crippen molar-refractivity contribution in [3.63, 3.8) is 0 Å². The van der Waals surface area contributed by atoms with Gasteiger partial charge in [0.15, 0.2) is 6.10 Å². The number of nitrogens with one attached hydrogen (secondary N) is 1. The summed E-state index contributed by atoms with van der Waals surface area (Å²) in [4.78, 5) is 50.4. The molecule has 3 atom stereocenters. The molecule has 0 radical (unpaired) electrons. The number of nitrogens with zero attached hydrogens (tertiary/aromatic N) is 1. The van der Waals surface area contributed by atoms with Gasteiger partial charge in [-0.1, -0.05) is 25.0 Å². The Morgan fingerprint density at radius 2 is 1.70 bits per heavy atom. The number of likely N-dealkylation sites (tertiary alicyclic amines) is 1. The summed E-state index contributed by atoms with van der Waals surface area (Å²) in [6, 6.07) is 7.25. The van der Waals surface area contributed by atoms with Gasteiger partial charge < -0.3 is 14.8 Å². The molecule has 1 aliphatic heterocycles.